The number of fused-ring (bicyclic) bond motifs is 1. The van der Waals surface area contributed by atoms with Gasteiger partial charge >= 0.3 is 0 Å². The summed E-state index contributed by atoms with van der Waals surface area (Å²) in [6.07, 6.45) is 5.70. The van der Waals surface area contributed by atoms with Gasteiger partial charge in [0, 0.05) is 25.6 Å². The first-order chi connectivity index (χ1) is 8.72. The molecule has 1 amide bonds. The van der Waals surface area contributed by atoms with Gasteiger partial charge in [0.25, 0.3) is 0 Å². The second-order valence-electron chi connectivity index (χ2n) is 4.71. The van der Waals surface area contributed by atoms with E-state index in [1.54, 1.807) is 12.3 Å². The first kappa shape index (κ1) is 11.2. The summed E-state index contributed by atoms with van der Waals surface area (Å²) in [5.74, 6) is 0.141. The summed E-state index contributed by atoms with van der Waals surface area (Å²) in [6.45, 7) is 1.67. The Kier molecular flexibility index (Phi) is 2.76. The van der Waals surface area contributed by atoms with Gasteiger partial charge < -0.3 is 14.9 Å². The molecule has 2 aromatic rings. The number of carbonyl (C=O) groups is 1. The van der Waals surface area contributed by atoms with Crippen LogP contribution in [0.4, 0.5) is 0 Å². The number of primary amides is 1. The molecule has 1 aliphatic heterocycles. The maximum Gasteiger partial charge on any atom is 0.250 e. The molecule has 5 heteroatoms. The predicted molar refractivity (Wildman–Crippen MR) is 66.3 cm³/mol. The summed E-state index contributed by atoms with van der Waals surface area (Å²) in [5.41, 5.74) is 7.63. The van der Waals surface area contributed by atoms with E-state index in [1.165, 1.54) is 0 Å². The third-order valence-electron chi connectivity index (χ3n) is 3.31. The van der Waals surface area contributed by atoms with Crippen LogP contribution in [-0.2, 0) is 11.2 Å². The van der Waals surface area contributed by atoms with E-state index in [-0.39, 0.29) is 0 Å². The van der Waals surface area contributed by atoms with Crippen molar-refractivity contribution in [1.82, 2.24) is 9.38 Å². The molecule has 2 N–H and O–H groups in total. The fourth-order valence-electron chi connectivity index (χ4n) is 2.33. The fourth-order valence-corrected chi connectivity index (χ4v) is 2.33. The molecule has 0 bridgehead atoms. The first-order valence-corrected chi connectivity index (χ1v) is 6.07. The number of nitrogens with zero attached hydrogens (tertiary/aromatic N) is 2. The van der Waals surface area contributed by atoms with Gasteiger partial charge in [-0.15, -0.1) is 0 Å². The Labute approximate surface area is 105 Å². The largest absolute Gasteiger partial charge is 0.381 e. The highest BCUT2D eigenvalue weighted by Crippen LogP contribution is 2.18. The molecule has 1 aliphatic rings. The molecule has 0 spiro atoms. The van der Waals surface area contributed by atoms with Gasteiger partial charge in [-0.2, -0.15) is 0 Å². The number of nitrogens with two attached hydrogens (primary N) is 1. The molecule has 94 valence electrons. The van der Waals surface area contributed by atoms with Crippen molar-refractivity contribution in [3.63, 3.8) is 0 Å². The van der Waals surface area contributed by atoms with E-state index in [0.717, 1.165) is 37.4 Å². The lowest BCUT2D eigenvalue weighted by molar-refractivity contribution is 0.1000. The van der Waals surface area contributed by atoms with Crippen LogP contribution in [0.5, 0.6) is 0 Å². The zero-order valence-electron chi connectivity index (χ0n) is 10.0. The maximum absolute atomic E-state index is 11.1. The number of pyridine rings is 1. The van der Waals surface area contributed by atoms with Gasteiger partial charge in [0.15, 0.2) is 0 Å². The number of ether oxygens (including phenoxy) is 1. The third kappa shape index (κ3) is 2.09. The Balaban J connectivity index is 1.87. The van der Waals surface area contributed by atoms with Crippen LogP contribution < -0.4 is 5.73 Å². The molecule has 2 aromatic heterocycles. The molecule has 1 fully saturated rings. The van der Waals surface area contributed by atoms with Gasteiger partial charge in [-0.25, -0.2) is 4.98 Å². The number of amides is 1. The van der Waals surface area contributed by atoms with Crippen LogP contribution in [0.25, 0.3) is 5.65 Å². The number of imidazole rings is 1. The second kappa shape index (κ2) is 4.42. The van der Waals surface area contributed by atoms with Crippen molar-refractivity contribution in [2.45, 2.75) is 12.8 Å². The van der Waals surface area contributed by atoms with Gasteiger partial charge in [-0.05, 0) is 30.9 Å². The average Bonchev–Trinajstić information content (AvgIpc) is 2.96. The molecular weight excluding hydrogens is 230 g/mol. The van der Waals surface area contributed by atoms with Crippen molar-refractivity contribution in [3.05, 3.63) is 35.8 Å². The highest BCUT2D eigenvalue weighted by Gasteiger charge is 2.17. The molecule has 1 atom stereocenters. The fraction of sp³-hybridized carbons (Fsp3) is 0.385. The number of aromatic nitrogens is 2. The van der Waals surface area contributed by atoms with Crippen LogP contribution in [0, 0.1) is 5.92 Å². The van der Waals surface area contributed by atoms with Gasteiger partial charge in [-0.3, -0.25) is 4.79 Å². The highest BCUT2D eigenvalue weighted by molar-refractivity contribution is 5.92. The van der Waals surface area contributed by atoms with Crippen LogP contribution in [0.1, 0.15) is 22.5 Å². The minimum absolute atomic E-state index is 0.420. The molecule has 5 nitrogen and oxygen atoms in total. The molecule has 0 aromatic carbocycles. The van der Waals surface area contributed by atoms with Crippen molar-refractivity contribution in [1.29, 1.82) is 0 Å². The van der Waals surface area contributed by atoms with E-state index >= 15 is 0 Å². The second-order valence-corrected chi connectivity index (χ2v) is 4.71. The minimum Gasteiger partial charge on any atom is -0.381 e. The SMILES string of the molecule is NC(=O)c1ccc2nc(C[C@@H]3CCOC3)cn2c1. The standard InChI is InChI=1S/C13H15N3O2/c14-13(17)10-1-2-12-15-11(7-16(12)6-10)5-9-3-4-18-8-9/h1-2,6-7,9H,3-5,8H2,(H2,14,17)/t9-/m0/s1. The molecule has 1 saturated heterocycles. The topological polar surface area (TPSA) is 69.6 Å². The monoisotopic (exact) mass is 245 g/mol. The van der Waals surface area contributed by atoms with Crippen molar-refractivity contribution >= 4 is 11.6 Å². The van der Waals surface area contributed by atoms with Crippen LogP contribution in [-0.4, -0.2) is 28.5 Å². The lowest BCUT2D eigenvalue weighted by Crippen LogP contribution is -2.11. The Morgan fingerprint density at radius 1 is 1.50 bits per heavy atom. The highest BCUT2D eigenvalue weighted by atomic mass is 16.5. The average molecular weight is 245 g/mol. The number of hydrogen-bond donors (Lipinski definition) is 1. The Morgan fingerprint density at radius 3 is 3.11 bits per heavy atom. The van der Waals surface area contributed by atoms with Gasteiger partial charge in [0.2, 0.25) is 5.91 Å². The molecule has 3 rings (SSSR count). The maximum atomic E-state index is 11.1. The predicted octanol–water partition coefficient (Wildman–Crippen LogP) is 1.01. The van der Waals surface area contributed by atoms with E-state index in [1.807, 2.05) is 16.7 Å². The van der Waals surface area contributed by atoms with Crippen LogP contribution in [0.2, 0.25) is 0 Å². The van der Waals surface area contributed by atoms with E-state index in [0.29, 0.717) is 11.5 Å². The minimum atomic E-state index is -0.420. The summed E-state index contributed by atoms with van der Waals surface area (Å²) in [4.78, 5) is 15.6. The summed E-state index contributed by atoms with van der Waals surface area (Å²) in [7, 11) is 0. The van der Waals surface area contributed by atoms with E-state index in [9.17, 15) is 4.79 Å². The zero-order chi connectivity index (χ0) is 12.5. The Bertz CT molecular complexity index is 585. The lowest BCUT2D eigenvalue weighted by atomic mass is 10.0. The summed E-state index contributed by atoms with van der Waals surface area (Å²) < 4.78 is 7.21. The van der Waals surface area contributed by atoms with Gasteiger partial charge in [-0.1, -0.05) is 0 Å². The molecule has 18 heavy (non-hydrogen) atoms. The van der Waals surface area contributed by atoms with Crippen LogP contribution in [0.15, 0.2) is 24.5 Å². The van der Waals surface area contributed by atoms with Gasteiger partial charge in [0.05, 0.1) is 11.3 Å². The summed E-state index contributed by atoms with van der Waals surface area (Å²) >= 11 is 0. The summed E-state index contributed by atoms with van der Waals surface area (Å²) in [5, 5.41) is 0. The molecular formula is C13H15N3O2. The van der Waals surface area contributed by atoms with Crippen LogP contribution in [0.3, 0.4) is 0 Å². The molecule has 0 saturated carbocycles. The quantitative estimate of drug-likeness (QED) is 0.877. The number of rotatable bonds is 3. The van der Waals surface area contributed by atoms with Crippen molar-refractivity contribution in [2.24, 2.45) is 11.7 Å². The smallest absolute Gasteiger partial charge is 0.250 e. The molecule has 0 unspecified atom stereocenters. The molecule has 0 radical (unpaired) electrons. The van der Waals surface area contributed by atoms with E-state index in [2.05, 4.69) is 4.98 Å². The lowest BCUT2D eigenvalue weighted by Gasteiger charge is -2.02. The van der Waals surface area contributed by atoms with E-state index in [4.69, 9.17) is 10.5 Å². The number of hydrogen-bond acceptors (Lipinski definition) is 3. The summed E-state index contributed by atoms with van der Waals surface area (Å²) in [6, 6.07) is 3.52. The first-order valence-electron chi connectivity index (χ1n) is 6.07. The number of carbonyl (C=O) groups excluding carboxylic acids is 1. The van der Waals surface area contributed by atoms with Crippen molar-refractivity contribution in [2.75, 3.05) is 13.2 Å². The Morgan fingerprint density at radius 2 is 2.39 bits per heavy atom. The zero-order valence-corrected chi connectivity index (χ0v) is 10.0. The van der Waals surface area contributed by atoms with E-state index < -0.39 is 5.91 Å². The Hall–Kier alpha value is -1.88. The van der Waals surface area contributed by atoms with Crippen molar-refractivity contribution in [3.8, 4) is 0 Å². The molecule has 3 heterocycles. The van der Waals surface area contributed by atoms with Crippen molar-refractivity contribution < 1.29 is 9.53 Å². The normalized spacial score (nSPS) is 19.4. The van der Waals surface area contributed by atoms with Gasteiger partial charge in [0.1, 0.15) is 5.65 Å². The molecule has 0 aliphatic carbocycles. The van der Waals surface area contributed by atoms with Crippen LogP contribution >= 0.6 is 0 Å². The third-order valence-corrected chi connectivity index (χ3v) is 3.31.